The molecular formula is C22H25F2N3O2. The van der Waals surface area contributed by atoms with E-state index in [2.05, 4.69) is 15.5 Å². The molecule has 2 aliphatic carbocycles. The zero-order chi connectivity index (χ0) is 20.7. The molecule has 0 unspecified atom stereocenters. The number of aromatic hydroxyl groups is 1. The van der Waals surface area contributed by atoms with Crippen molar-refractivity contribution in [3.8, 4) is 17.0 Å². The second-order valence-electron chi connectivity index (χ2n) is 8.04. The second kappa shape index (κ2) is 7.71. The zero-order valence-electron chi connectivity index (χ0n) is 16.6. The fraction of sp³-hybridized carbons (Fsp3) is 0.455. The van der Waals surface area contributed by atoms with Crippen molar-refractivity contribution >= 4 is 11.4 Å². The fourth-order valence-corrected chi connectivity index (χ4v) is 4.43. The van der Waals surface area contributed by atoms with E-state index in [4.69, 9.17) is 0 Å². The minimum Gasteiger partial charge on any atom is -0.507 e. The van der Waals surface area contributed by atoms with Crippen molar-refractivity contribution in [3.63, 3.8) is 0 Å². The molecule has 1 heterocycles. The van der Waals surface area contributed by atoms with Gasteiger partial charge in [0.1, 0.15) is 5.75 Å². The van der Waals surface area contributed by atoms with Gasteiger partial charge in [-0.3, -0.25) is 0 Å². The molecular weight excluding hydrogens is 376 g/mol. The maximum absolute atomic E-state index is 13.1. The summed E-state index contributed by atoms with van der Waals surface area (Å²) in [6.45, 7) is 3.86. The summed E-state index contributed by atoms with van der Waals surface area (Å²) in [6.07, 6.45) is 2.12. The van der Waals surface area contributed by atoms with Crippen LogP contribution in [0.4, 0.5) is 14.6 Å². The lowest BCUT2D eigenvalue weighted by Gasteiger charge is -2.27. The molecule has 4 rings (SSSR count). The zero-order valence-corrected chi connectivity index (χ0v) is 16.6. The summed E-state index contributed by atoms with van der Waals surface area (Å²) in [5.41, 5.74) is 3.83. The fourth-order valence-electron chi connectivity index (χ4n) is 4.43. The van der Waals surface area contributed by atoms with E-state index in [0.717, 1.165) is 30.4 Å². The Hall–Kier alpha value is -2.54. The summed E-state index contributed by atoms with van der Waals surface area (Å²) < 4.78 is 26.2. The molecule has 1 aromatic heterocycles. The first kappa shape index (κ1) is 19.8. The third-order valence-corrected chi connectivity index (χ3v) is 6.23. The number of phenols is 1. The topological polar surface area (TPSA) is 78.3 Å². The highest BCUT2D eigenvalue weighted by molar-refractivity contribution is 5.82. The molecule has 1 fully saturated rings. The first-order chi connectivity index (χ1) is 13.9. The Bertz CT molecular complexity index is 987. The predicted molar refractivity (Wildman–Crippen MR) is 108 cm³/mol. The number of allylic oxidation sites excluding steroid dienone is 1. The van der Waals surface area contributed by atoms with Crippen LogP contribution in [0, 0.1) is 13.8 Å². The number of anilines is 1. The maximum Gasteiger partial charge on any atom is 0.274 e. The molecule has 0 amide bonds. The molecule has 0 aliphatic heterocycles. The highest BCUT2D eigenvalue weighted by atomic mass is 19.3. The number of halogens is 2. The predicted octanol–water partition coefficient (Wildman–Crippen LogP) is 4.74. The third-order valence-electron chi connectivity index (χ3n) is 6.23. The van der Waals surface area contributed by atoms with Gasteiger partial charge in [-0.15, -0.1) is 10.2 Å². The van der Waals surface area contributed by atoms with Gasteiger partial charge in [-0.1, -0.05) is 6.07 Å². The van der Waals surface area contributed by atoms with Crippen LogP contribution in [0.2, 0.25) is 0 Å². The summed E-state index contributed by atoms with van der Waals surface area (Å²) in [5, 5.41) is 32.7. The number of aliphatic hydroxyl groups is 1. The highest BCUT2D eigenvalue weighted by Gasteiger charge is 2.27. The molecule has 1 aromatic carbocycles. The number of rotatable bonds is 3. The molecule has 0 spiro atoms. The molecule has 7 heteroatoms. The number of aromatic nitrogens is 2. The monoisotopic (exact) mass is 401 g/mol. The number of aliphatic hydroxyl groups excluding tert-OH is 1. The quantitative estimate of drug-likeness (QED) is 0.693. The van der Waals surface area contributed by atoms with Crippen molar-refractivity contribution in [1.29, 1.82) is 0 Å². The number of nitrogens with one attached hydrogen (secondary N) is 1. The summed E-state index contributed by atoms with van der Waals surface area (Å²) in [6, 6.07) is 3.44. The summed E-state index contributed by atoms with van der Waals surface area (Å²) in [4.78, 5) is 0. The van der Waals surface area contributed by atoms with Gasteiger partial charge in [0, 0.05) is 22.7 Å². The van der Waals surface area contributed by atoms with Gasteiger partial charge in [-0.25, -0.2) is 0 Å². The number of fused-ring (bicyclic) bond motifs is 1. The lowest BCUT2D eigenvalue weighted by molar-refractivity contribution is 0.124. The minimum absolute atomic E-state index is 0.00617. The molecule has 29 heavy (non-hydrogen) atoms. The normalized spacial score (nSPS) is 21.2. The van der Waals surface area contributed by atoms with Crippen LogP contribution in [0.15, 0.2) is 18.2 Å². The van der Waals surface area contributed by atoms with Crippen LogP contribution in [0.3, 0.4) is 0 Å². The first-order valence-corrected chi connectivity index (χ1v) is 10.0. The van der Waals surface area contributed by atoms with Crippen LogP contribution < -0.4 is 5.32 Å². The molecule has 154 valence electrons. The largest absolute Gasteiger partial charge is 0.507 e. The number of hydrogen-bond acceptors (Lipinski definition) is 5. The van der Waals surface area contributed by atoms with E-state index in [0.29, 0.717) is 41.0 Å². The Morgan fingerprint density at radius 2 is 1.83 bits per heavy atom. The van der Waals surface area contributed by atoms with Crippen molar-refractivity contribution < 1.29 is 19.0 Å². The Morgan fingerprint density at radius 3 is 2.55 bits per heavy atom. The van der Waals surface area contributed by atoms with E-state index >= 15 is 0 Å². The molecule has 5 nitrogen and oxygen atoms in total. The number of nitrogens with zero attached hydrogens (tertiary/aromatic N) is 2. The Balaban J connectivity index is 1.67. The van der Waals surface area contributed by atoms with Gasteiger partial charge in [0.2, 0.25) is 0 Å². The van der Waals surface area contributed by atoms with E-state index in [1.807, 2.05) is 13.8 Å². The molecule has 0 radical (unpaired) electrons. The number of phenolic OH excluding ortho intramolecular Hbond substituents is 1. The summed E-state index contributed by atoms with van der Waals surface area (Å²) in [7, 11) is 0. The molecule has 3 N–H and O–H groups in total. The standard InChI is InChI=1S/C22H25F2N3O2/c1-11-12(2)22(25-13-4-3-5-14(28)10-13)27-26-19(11)18-9-6-15-16(20(18)29)7-8-17(15)21(23)24/h6,9,13-14,28-29H,3-5,7-8,10H2,1-2H3,(H,25,27)/t13-,14-/m1/s1. The van der Waals surface area contributed by atoms with Crippen LogP contribution in [0.5, 0.6) is 5.75 Å². The van der Waals surface area contributed by atoms with Gasteiger partial charge < -0.3 is 15.5 Å². The van der Waals surface area contributed by atoms with E-state index in [-0.39, 0.29) is 29.9 Å². The molecule has 0 bridgehead atoms. The Kier molecular flexibility index (Phi) is 5.25. The van der Waals surface area contributed by atoms with Crippen LogP contribution in [0.25, 0.3) is 16.8 Å². The van der Waals surface area contributed by atoms with Gasteiger partial charge in [-0.2, -0.15) is 8.78 Å². The lowest BCUT2D eigenvalue weighted by Crippen LogP contribution is -2.30. The van der Waals surface area contributed by atoms with Crippen LogP contribution >= 0.6 is 0 Å². The molecule has 1 saturated carbocycles. The Morgan fingerprint density at radius 1 is 1.07 bits per heavy atom. The van der Waals surface area contributed by atoms with Gasteiger partial charge >= 0.3 is 0 Å². The van der Waals surface area contributed by atoms with Crippen molar-refractivity contribution in [2.24, 2.45) is 0 Å². The van der Waals surface area contributed by atoms with Crippen molar-refractivity contribution in [1.82, 2.24) is 10.2 Å². The van der Waals surface area contributed by atoms with Crippen molar-refractivity contribution in [2.45, 2.75) is 64.5 Å². The molecule has 0 saturated heterocycles. The van der Waals surface area contributed by atoms with Crippen molar-refractivity contribution in [3.05, 3.63) is 40.5 Å². The Labute approximate surface area is 168 Å². The molecule has 2 atom stereocenters. The van der Waals surface area contributed by atoms with Gasteiger partial charge in [-0.05, 0) is 75.1 Å². The highest BCUT2D eigenvalue weighted by Crippen LogP contribution is 2.44. The van der Waals surface area contributed by atoms with Crippen LogP contribution in [-0.2, 0) is 6.42 Å². The SMILES string of the molecule is Cc1c(N[C@@H]2CCC[C@@H](O)C2)nnc(-c2ccc3c(c2O)CCC3=C(F)F)c1C. The van der Waals surface area contributed by atoms with E-state index in [9.17, 15) is 19.0 Å². The summed E-state index contributed by atoms with van der Waals surface area (Å²) in [5.74, 6) is 0.683. The first-order valence-electron chi connectivity index (χ1n) is 10.0. The third kappa shape index (κ3) is 3.59. The van der Waals surface area contributed by atoms with Crippen molar-refractivity contribution in [2.75, 3.05) is 5.32 Å². The van der Waals surface area contributed by atoms with E-state index < -0.39 is 6.08 Å². The smallest absolute Gasteiger partial charge is 0.274 e. The van der Waals surface area contributed by atoms with Crippen LogP contribution in [0.1, 0.15) is 54.4 Å². The van der Waals surface area contributed by atoms with Crippen LogP contribution in [-0.4, -0.2) is 32.6 Å². The van der Waals surface area contributed by atoms with Gasteiger partial charge in [0.25, 0.3) is 6.08 Å². The van der Waals surface area contributed by atoms with E-state index in [1.54, 1.807) is 12.1 Å². The molecule has 2 aliphatic rings. The average molecular weight is 401 g/mol. The average Bonchev–Trinajstić information content (AvgIpc) is 3.12. The number of hydrogen-bond donors (Lipinski definition) is 3. The minimum atomic E-state index is -1.69. The lowest BCUT2D eigenvalue weighted by atomic mass is 9.92. The second-order valence-corrected chi connectivity index (χ2v) is 8.04. The van der Waals surface area contributed by atoms with E-state index in [1.165, 1.54) is 0 Å². The molecule has 2 aromatic rings. The maximum atomic E-state index is 13.1. The van der Waals surface area contributed by atoms with Gasteiger partial charge in [0.05, 0.1) is 11.8 Å². The van der Waals surface area contributed by atoms with Gasteiger partial charge in [0.15, 0.2) is 5.82 Å². The summed E-state index contributed by atoms with van der Waals surface area (Å²) >= 11 is 0. The number of benzene rings is 1.